The van der Waals surface area contributed by atoms with Crippen LogP contribution in [0, 0.1) is 11.6 Å². The molecule has 2 N–H and O–H groups in total. The molecule has 4 heteroatoms. The molecule has 0 aliphatic rings. The van der Waals surface area contributed by atoms with E-state index in [-0.39, 0.29) is 33.8 Å². The summed E-state index contributed by atoms with van der Waals surface area (Å²) in [6.07, 6.45) is 0. The molecule has 2 nitrogen and oxygen atoms in total. The van der Waals surface area contributed by atoms with Gasteiger partial charge in [-0.2, -0.15) is 0 Å². The number of phenols is 2. The molecule has 0 bridgehead atoms. The molecule has 0 aliphatic carbocycles. The second-order valence-electron chi connectivity index (χ2n) is 4.85. The van der Waals surface area contributed by atoms with Crippen LogP contribution < -0.4 is 0 Å². The van der Waals surface area contributed by atoms with E-state index in [2.05, 4.69) is 0 Å². The highest BCUT2D eigenvalue weighted by atomic mass is 19.1. The van der Waals surface area contributed by atoms with Crippen LogP contribution in [0.3, 0.4) is 0 Å². The molecule has 0 fully saturated rings. The zero-order valence-electron chi connectivity index (χ0n) is 11.4. The summed E-state index contributed by atoms with van der Waals surface area (Å²) in [5, 5.41) is 20.3. The molecule has 22 heavy (non-hydrogen) atoms. The van der Waals surface area contributed by atoms with Gasteiger partial charge in [0.2, 0.25) is 0 Å². The van der Waals surface area contributed by atoms with E-state index in [4.69, 9.17) is 0 Å². The second kappa shape index (κ2) is 5.48. The van der Waals surface area contributed by atoms with Crippen LogP contribution >= 0.6 is 0 Å². The number of halogens is 2. The molecule has 0 atom stereocenters. The number of hydrogen-bond acceptors (Lipinski definition) is 2. The van der Waals surface area contributed by atoms with Crippen molar-refractivity contribution in [1.29, 1.82) is 0 Å². The van der Waals surface area contributed by atoms with Gasteiger partial charge in [-0.3, -0.25) is 0 Å². The van der Waals surface area contributed by atoms with E-state index in [9.17, 15) is 19.0 Å². The Labute approximate surface area is 125 Å². The molecule has 0 heterocycles. The summed E-state index contributed by atoms with van der Waals surface area (Å²) >= 11 is 0. The Bertz CT molecular complexity index is 777. The van der Waals surface area contributed by atoms with Gasteiger partial charge in [-0.1, -0.05) is 36.4 Å². The predicted molar refractivity (Wildman–Crippen MR) is 80.6 cm³/mol. The van der Waals surface area contributed by atoms with E-state index in [1.807, 2.05) is 0 Å². The number of rotatable bonds is 2. The summed E-state index contributed by atoms with van der Waals surface area (Å²) in [4.78, 5) is 0. The highest BCUT2D eigenvalue weighted by Crippen LogP contribution is 2.42. The van der Waals surface area contributed by atoms with Crippen LogP contribution in [-0.4, -0.2) is 10.2 Å². The number of hydrogen-bond donors (Lipinski definition) is 2. The zero-order chi connectivity index (χ0) is 15.7. The molecule has 0 aromatic heterocycles. The molecular weight excluding hydrogens is 286 g/mol. The first-order valence-electron chi connectivity index (χ1n) is 6.63. The van der Waals surface area contributed by atoms with Crippen LogP contribution in [0.1, 0.15) is 0 Å². The van der Waals surface area contributed by atoms with Crippen LogP contribution in [0.2, 0.25) is 0 Å². The van der Waals surface area contributed by atoms with Gasteiger partial charge < -0.3 is 10.2 Å². The summed E-state index contributed by atoms with van der Waals surface area (Å²) in [6, 6.07) is 14.2. The van der Waals surface area contributed by atoms with Gasteiger partial charge in [0.25, 0.3) is 0 Å². The normalized spacial score (nSPS) is 10.6. The third-order valence-corrected chi connectivity index (χ3v) is 3.42. The van der Waals surface area contributed by atoms with Crippen molar-refractivity contribution in [1.82, 2.24) is 0 Å². The lowest BCUT2D eigenvalue weighted by Crippen LogP contribution is -1.89. The molecule has 110 valence electrons. The number of benzene rings is 3. The molecule has 3 aromatic carbocycles. The fourth-order valence-corrected chi connectivity index (χ4v) is 2.39. The van der Waals surface area contributed by atoms with Crippen molar-refractivity contribution in [3.63, 3.8) is 0 Å². The van der Waals surface area contributed by atoms with Crippen LogP contribution in [0.5, 0.6) is 11.5 Å². The Hall–Kier alpha value is -2.88. The molecule has 3 aromatic rings. The largest absolute Gasteiger partial charge is 0.508 e. The minimum atomic E-state index is -0.539. The van der Waals surface area contributed by atoms with Gasteiger partial charge in [0, 0.05) is 22.3 Å². The van der Waals surface area contributed by atoms with E-state index in [1.54, 1.807) is 12.1 Å². The highest BCUT2D eigenvalue weighted by molar-refractivity contribution is 5.84. The first-order valence-corrected chi connectivity index (χ1v) is 6.63. The van der Waals surface area contributed by atoms with Gasteiger partial charge in [0.15, 0.2) is 0 Å². The van der Waals surface area contributed by atoms with Gasteiger partial charge in [-0.05, 0) is 24.3 Å². The van der Waals surface area contributed by atoms with Crippen molar-refractivity contribution in [3.05, 3.63) is 72.3 Å². The van der Waals surface area contributed by atoms with Crippen LogP contribution in [0.4, 0.5) is 8.78 Å². The molecule has 0 aliphatic heterocycles. The Morgan fingerprint density at radius 3 is 1.41 bits per heavy atom. The smallest absolute Gasteiger partial charge is 0.131 e. The monoisotopic (exact) mass is 298 g/mol. The van der Waals surface area contributed by atoms with Crippen molar-refractivity contribution < 1.29 is 19.0 Å². The zero-order valence-corrected chi connectivity index (χ0v) is 11.4. The molecule has 3 rings (SSSR count). The third-order valence-electron chi connectivity index (χ3n) is 3.42. The molecule has 0 saturated carbocycles. The van der Waals surface area contributed by atoms with Gasteiger partial charge in [0.1, 0.15) is 23.1 Å². The highest BCUT2D eigenvalue weighted by Gasteiger charge is 2.17. The Morgan fingerprint density at radius 2 is 1.00 bits per heavy atom. The molecular formula is C18H12F2O2. The maximum Gasteiger partial charge on any atom is 0.131 e. The average molecular weight is 298 g/mol. The van der Waals surface area contributed by atoms with Gasteiger partial charge in [-0.25, -0.2) is 8.78 Å². The second-order valence-corrected chi connectivity index (χ2v) is 4.85. The SMILES string of the molecule is Oc1cc(-c2ccccc2F)c(O)c(-c2ccccc2F)c1. The summed E-state index contributed by atoms with van der Waals surface area (Å²) in [6.45, 7) is 0. The predicted octanol–water partition coefficient (Wildman–Crippen LogP) is 4.71. The van der Waals surface area contributed by atoms with Crippen molar-refractivity contribution in [3.8, 4) is 33.8 Å². The van der Waals surface area contributed by atoms with Gasteiger partial charge in [-0.15, -0.1) is 0 Å². The maximum absolute atomic E-state index is 13.9. The summed E-state index contributed by atoms with van der Waals surface area (Å²) in [5.74, 6) is -1.55. The fraction of sp³-hybridized carbons (Fsp3) is 0. The molecule has 0 unspecified atom stereocenters. The van der Waals surface area contributed by atoms with E-state index in [1.165, 1.54) is 48.5 Å². The number of aromatic hydroxyl groups is 2. The van der Waals surface area contributed by atoms with Crippen molar-refractivity contribution in [2.75, 3.05) is 0 Å². The van der Waals surface area contributed by atoms with Crippen LogP contribution in [0.25, 0.3) is 22.3 Å². The number of phenolic OH excluding ortho intramolecular Hbond substituents is 2. The van der Waals surface area contributed by atoms with Crippen molar-refractivity contribution >= 4 is 0 Å². The third kappa shape index (κ3) is 2.39. The summed E-state index contributed by atoms with van der Waals surface area (Å²) in [7, 11) is 0. The Balaban J connectivity index is 2.28. The Kier molecular flexibility index (Phi) is 3.51. The summed E-state index contributed by atoms with van der Waals surface area (Å²) in [5.41, 5.74) is 0.481. The molecule has 0 amide bonds. The van der Waals surface area contributed by atoms with Crippen LogP contribution in [0.15, 0.2) is 60.7 Å². The quantitative estimate of drug-likeness (QED) is 0.673. The lowest BCUT2D eigenvalue weighted by Gasteiger charge is -2.12. The van der Waals surface area contributed by atoms with Gasteiger partial charge >= 0.3 is 0 Å². The van der Waals surface area contributed by atoms with E-state index in [0.29, 0.717) is 0 Å². The minimum absolute atomic E-state index is 0.108. The summed E-state index contributed by atoms with van der Waals surface area (Å²) < 4.78 is 27.9. The molecule has 0 spiro atoms. The standard InChI is InChI=1S/C18H12F2O2/c19-16-7-3-1-5-12(16)14-9-11(21)10-15(18(14)22)13-6-2-4-8-17(13)20/h1-10,21-22H. The topological polar surface area (TPSA) is 40.5 Å². The van der Waals surface area contributed by atoms with Crippen LogP contribution in [-0.2, 0) is 0 Å². The molecule has 0 saturated heterocycles. The van der Waals surface area contributed by atoms with E-state index >= 15 is 0 Å². The fourth-order valence-electron chi connectivity index (χ4n) is 2.39. The maximum atomic E-state index is 13.9. The minimum Gasteiger partial charge on any atom is -0.508 e. The van der Waals surface area contributed by atoms with E-state index in [0.717, 1.165) is 0 Å². The van der Waals surface area contributed by atoms with Gasteiger partial charge in [0.05, 0.1) is 0 Å². The molecule has 0 radical (unpaired) electrons. The lowest BCUT2D eigenvalue weighted by atomic mass is 9.96. The lowest BCUT2D eigenvalue weighted by molar-refractivity contribution is 0.462. The van der Waals surface area contributed by atoms with Crippen molar-refractivity contribution in [2.24, 2.45) is 0 Å². The first kappa shape index (κ1) is 14.1. The van der Waals surface area contributed by atoms with E-state index < -0.39 is 11.6 Å². The average Bonchev–Trinajstić information content (AvgIpc) is 2.51. The first-order chi connectivity index (χ1) is 10.6. The Morgan fingerprint density at radius 1 is 0.591 bits per heavy atom. The van der Waals surface area contributed by atoms with Crippen molar-refractivity contribution in [2.45, 2.75) is 0 Å².